The Morgan fingerprint density at radius 2 is 0.948 bits per heavy atom. The van der Waals surface area contributed by atoms with E-state index in [0.717, 1.165) is 66.6 Å². The van der Waals surface area contributed by atoms with E-state index >= 15 is 0 Å². The van der Waals surface area contributed by atoms with E-state index in [2.05, 4.69) is 67.6 Å². The van der Waals surface area contributed by atoms with Crippen LogP contribution in [0.1, 0.15) is 74.1 Å². The molecule has 1 saturated heterocycles. The molecule has 7 rings (SSSR count). The number of aromatic nitrogens is 6. The molecule has 1 aliphatic heterocycles. The topological polar surface area (TPSA) is 142 Å². The Hall–Kier alpha value is -5.76. The largest absolute Gasteiger partial charge is 0.465 e. The SMILES string of the molecule is C1CCOC1.COC(=O)c1ccc(CBr)nc1.COC(=O)c1ccc(CN(Cc2ccccn2)Cc2ccccn2)nc1.c1ccc(CCCc2ccccn2)nc1. The van der Waals surface area contributed by atoms with E-state index in [1.807, 2.05) is 79.1 Å². The number of hydrogen-bond donors (Lipinski definition) is 0. The maximum Gasteiger partial charge on any atom is 0.339 e. The highest BCUT2D eigenvalue weighted by Crippen LogP contribution is 2.12. The second-order valence-corrected chi connectivity index (χ2v) is 13.4. The van der Waals surface area contributed by atoms with Gasteiger partial charge >= 0.3 is 11.9 Å². The summed E-state index contributed by atoms with van der Waals surface area (Å²) in [5, 5.41) is 0.689. The van der Waals surface area contributed by atoms with E-state index in [1.54, 1.807) is 36.8 Å². The molecule has 13 heteroatoms. The molecule has 0 saturated carbocycles. The van der Waals surface area contributed by atoms with Crippen molar-refractivity contribution in [2.45, 2.75) is 57.1 Å². The van der Waals surface area contributed by atoms with Crippen molar-refractivity contribution >= 4 is 27.9 Å². The van der Waals surface area contributed by atoms with Crippen molar-refractivity contribution in [1.82, 2.24) is 34.8 Å². The molecule has 0 aromatic carbocycles. The van der Waals surface area contributed by atoms with Crippen LogP contribution in [-0.4, -0.2) is 74.2 Å². The summed E-state index contributed by atoms with van der Waals surface area (Å²) in [6, 6.07) is 30.9. The molecule has 0 spiro atoms. The van der Waals surface area contributed by atoms with E-state index in [-0.39, 0.29) is 11.9 Å². The van der Waals surface area contributed by atoms with Gasteiger partial charge in [0.05, 0.1) is 48.1 Å². The van der Waals surface area contributed by atoms with Gasteiger partial charge in [0.15, 0.2) is 0 Å². The molecule has 6 aromatic rings. The summed E-state index contributed by atoms with van der Waals surface area (Å²) >= 11 is 3.26. The first kappa shape index (κ1) is 44.9. The van der Waals surface area contributed by atoms with E-state index < -0.39 is 0 Å². The Kier molecular flexibility index (Phi) is 20.9. The quantitative estimate of drug-likeness (QED) is 0.0820. The lowest BCUT2D eigenvalue weighted by atomic mass is 10.1. The number of nitrogens with zero attached hydrogens (tertiary/aromatic N) is 7. The molecule has 302 valence electrons. The molecule has 1 aliphatic rings. The summed E-state index contributed by atoms with van der Waals surface area (Å²) < 4.78 is 14.2. The first-order valence-corrected chi connectivity index (χ1v) is 20.1. The Labute approximate surface area is 349 Å². The van der Waals surface area contributed by atoms with Crippen molar-refractivity contribution in [1.29, 1.82) is 0 Å². The van der Waals surface area contributed by atoms with Gasteiger partial charge in [0.2, 0.25) is 0 Å². The number of alkyl halides is 1. The summed E-state index contributed by atoms with van der Waals surface area (Å²) in [6.45, 7) is 3.98. The molecule has 58 heavy (non-hydrogen) atoms. The summed E-state index contributed by atoms with van der Waals surface area (Å²) in [7, 11) is 2.71. The number of rotatable bonds is 13. The third-order valence-electron chi connectivity index (χ3n) is 8.38. The van der Waals surface area contributed by atoms with Gasteiger partial charge in [0.1, 0.15) is 0 Å². The highest BCUT2D eigenvalue weighted by molar-refractivity contribution is 9.08. The van der Waals surface area contributed by atoms with Crippen LogP contribution in [0.5, 0.6) is 0 Å². The van der Waals surface area contributed by atoms with Gasteiger partial charge in [-0.1, -0.05) is 40.2 Å². The predicted octanol–water partition coefficient (Wildman–Crippen LogP) is 8.07. The second-order valence-electron chi connectivity index (χ2n) is 12.8. The fraction of sp³-hybridized carbons (Fsp3) is 0.289. The fourth-order valence-electron chi connectivity index (χ4n) is 5.39. The molecular weight excluding hydrogens is 798 g/mol. The van der Waals surface area contributed by atoms with Gasteiger partial charge in [0, 0.05) is 86.7 Å². The van der Waals surface area contributed by atoms with Crippen LogP contribution in [0.15, 0.2) is 134 Å². The second kappa shape index (κ2) is 27.0. The molecule has 7 heterocycles. The van der Waals surface area contributed by atoms with Crippen LogP contribution in [0.4, 0.5) is 0 Å². The van der Waals surface area contributed by atoms with Crippen molar-refractivity contribution in [2.24, 2.45) is 0 Å². The summed E-state index contributed by atoms with van der Waals surface area (Å²) in [5.74, 6) is -0.744. The number of hydrogen-bond acceptors (Lipinski definition) is 12. The lowest BCUT2D eigenvalue weighted by Gasteiger charge is -2.21. The Morgan fingerprint density at radius 3 is 1.26 bits per heavy atom. The molecule has 0 unspecified atom stereocenters. The Morgan fingerprint density at radius 1 is 0.552 bits per heavy atom. The summed E-state index contributed by atoms with van der Waals surface area (Å²) in [4.78, 5) is 50.5. The minimum atomic E-state index is -0.386. The average molecular weight is 849 g/mol. The lowest BCUT2D eigenvalue weighted by Crippen LogP contribution is -2.24. The van der Waals surface area contributed by atoms with Gasteiger partial charge in [-0.25, -0.2) is 9.59 Å². The van der Waals surface area contributed by atoms with E-state index in [9.17, 15) is 9.59 Å². The Balaban J connectivity index is 0.000000195. The molecule has 0 radical (unpaired) electrons. The van der Waals surface area contributed by atoms with Gasteiger partial charge in [-0.15, -0.1) is 0 Å². The zero-order valence-corrected chi connectivity index (χ0v) is 34.6. The molecule has 0 atom stereocenters. The van der Waals surface area contributed by atoms with Crippen LogP contribution in [0.3, 0.4) is 0 Å². The number of halogens is 1. The number of esters is 2. The van der Waals surface area contributed by atoms with Gasteiger partial charge in [0.25, 0.3) is 0 Å². The van der Waals surface area contributed by atoms with E-state index in [4.69, 9.17) is 9.47 Å². The third-order valence-corrected chi connectivity index (χ3v) is 8.96. The number of carbonyl (C=O) groups excluding carboxylic acids is 2. The number of pyridine rings is 6. The Bertz CT molecular complexity index is 1900. The molecule has 0 bridgehead atoms. The van der Waals surface area contributed by atoms with Gasteiger partial charge in [-0.3, -0.25) is 34.8 Å². The molecule has 0 N–H and O–H groups in total. The van der Waals surface area contributed by atoms with Crippen LogP contribution < -0.4 is 0 Å². The first-order valence-electron chi connectivity index (χ1n) is 19.0. The highest BCUT2D eigenvalue weighted by atomic mass is 79.9. The van der Waals surface area contributed by atoms with Gasteiger partial charge in [-0.05, 0) is 105 Å². The minimum absolute atomic E-state index is 0.358. The van der Waals surface area contributed by atoms with Crippen LogP contribution in [0.25, 0.3) is 0 Å². The first-order chi connectivity index (χ1) is 28.5. The number of ether oxygens (including phenoxy) is 3. The van der Waals surface area contributed by atoms with Crippen molar-refractivity contribution in [3.05, 3.63) is 180 Å². The fourth-order valence-corrected chi connectivity index (χ4v) is 5.72. The van der Waals surface area contributed by atoms with E-state index in [1.165, 1.54) is 33.3 Å². The number of carbonyl (C=O) groups is 2. The highest BCUT2D eigenvalue weighted by Gasteiger charge is 2.12. The normalized spacial score (nSPS) is 11.4. The number of methoxy groups -OCH3 is 2. The molecule has 6 aromatic heterocycles. The van der Waals surface area contributed by atoms with Crippen molar-refractivity contribution < 1.29 is 23.8 Å². The van der Waals surface area contributed by atoms with Crippen molar-refractivity contribution in [3.63, 3.8) is 0 Å². The van der Waals surface area contributed by atoms with E-state index in [0.29, 0.717) is 36.1 Å². The molecule has 12 nitrogen and oxygen atoms in total. The molecular formula is C45H50BrN7O5. The predicted molar refractivity (Wildman–Crippen MR) is 226 cm³/mol. The monoisotopic (exact) mass is 847 g/mol. The molecule has 1 fully saturated rings. The van der Waals surface area contributed by atoms with Gasteiger partial charge < -0.3 is 14.2 Å². The minimum Gasteiger partial charge on any atom is -0.465 e. The third kappa shape index (κ3) is 17.6. The summed E-state index contributed by atoms with van der Waals surface area (Å²) in [5.41, 5.74) is 6.96. The maximum absolute atomic E-state index is 11.5. The van der Waals surface area contributed by atoms with Crippen molar-refractivity contribution in [2.75, 3.05) is 27.4 Å². The average Bonchev–Trinajstić information content (AvgIpc) is 3.89. The van der Waals surface area contributed by atoms with Crippen LogP contribution >= 0.6 is 15.9 Å². The lowest BCUT2D eigenvalue weighted by molar-refractivity contribution is 0.0591. The number of aryl methyl sites for hydroxylation is 2. The molecule has 0 amide bonds. The zero-order valence-electron chi connectivity index (χ0n) is 33.0. The van der Waals surface area contributed by atoms with Gasteiger partial charge in [-0.2, -0.15) is 0 Å². The van der Waals surface area contributed by atoms with Crippen molar-refractivity contribution in [3.8, 4) is 0 Å². The maximum atomic E-state index is 11.5. The zero-order chi connectivity index (χ0) is 41.0. The van der Waals surface area contributed by atoms with Crippen LogP contribution in [0, 0.1) is 0 Å². The van der Waals surface area contributed by atoms with Crippen LogP contribution in [-0.2, 0) is 52.0 Å². The molecule has 0 aliphatic carbocycles. The smallest absolute Gasteiger partial charge is 0.339 e. The van der Waals surface area contributed by atoms with Crippen LogP contribution in [0.2, 0.25) is 0 Å². The summed E-state index contributed by atoms with van der Waals surface area (Å²) in [6.07, 6.45) is 16.0. The standard InChI is InChI=1S/C20H20N4O2.C13H14N2.C8H8BrNO2.C4H8O/c1-26-20(25)16-8-9-19(23-12-16)15-24(13-17-6-2-4-10-21-17)14-18-7-3-5-11-22-18;1-3-10-14-12(6-1)8-5-9-13-7-2-4-11-15-13;1-12-8(11)6-2-3-7(4-9)10-5-6;1-2-4-5-3-1/h2-12H,13-15H2,1H3;1-4,6-7,10-11H,5,8-9H2;2-3,5H,4H2,1H3;1-4H2.